The van der Waals surface area contributed by atoms with Gasteiger partial charge >= 0.3 is 5.97 Å². The summed E-state index contributed by atoms with van der Waals surface area (Å²) in [6.45, 7) is 0. The number of nitrogen functional groups attached to an aromatic ring is 1. The van der Waals surface area contributed by atoms with E-state index in [1.54, 1.807) is 42.5 Å². The van der Waals surface area contributed by atoms with Crippen molar-refractivity contribution in [2.75, 3.05) is 5.73 Å². The minimum absolute atomic E-state index is 0.0166. The first-order chi connectivity index (χ1) is 19.8. The van der Waals surface area contributed by atoms with Gasteiger partial charge in [0.1, 0.15) is 28.7 Å². The Morgan fingerprint density at radius 3 is 1.78 bits per heavy atom. The van der Waals surface area contributed by atoms with Crippen LogP contribution in [0.1, 0.15) is 60.0 Å². The number of rotatable bonds is 7. The van der Waals surface area contributed by atoms with Gasteiger partial charge in [0.05, 0.1) is 11.3 Å². The van der Waals surface area contributed by atoms with Gasteiger partial charge in [-0.1, -0.05) is 36.4 Å². The largest absolute Gasteiger partial charge is 0.506 e. The molecule has 4 N–H and O–H groups in total. The number of ether oxygens (including phenoxy) is 2. The molecule has 4 aliphatic carbocycles. The molecule has 0 spiro atoms. The first-order valence-electron chi connectivity index (χ1n) is 14.3. The molecule has 41 heavy (non-hydrogen) atoms. The second-order valence-corrected chi connectivity index (χ2v) is 12.3. The number of benzene rings is 4. The van der Waals surface area contributed by atoms with Crippen LogP contribution >= 0.6 is 0 Å². The molecule has 4 aliphatic rings. The van der Waals surface area contributed by atoms with E-state index >= 15 is 0 Å². The number of hydrogen-bond acceptors (Lipinski definition) is 5. The first kappa shape index (κ1) is 25.5. The lowest BCUT2D eigenvalue weighted by Gasteiger charge is -2.63. The number of carboxylic acid groups (broad SMARTS) is 1. The zero-order valence-corrected chi connectivity index (χ0v) is 22.8. The Kier molecular flexibility index (Phi) is 5.96. The van der Waals surface area contributed by atoms with E-state index in [4.69, 9.17) is 15.2 Å². The predicted octanol–water partition coefficient (Wildman–Crippen LogP) is 8.05. The SMILES string of the molecule is Nc1ccc(Oc2ccccc2C23CC4CC(CC(c5ccccc5Oc5ccc(C(=O)O)cc5)(C4)C2)C3)cc1O. The van der Waals surface area contributed by atoms with Gasteiger partial charge in [0.25, 0.3) is 0 Å². The summed E-state index contributed by atoms with van der Waals surface area (Å²) in [4.78, 5) is 11.3. The predicted molar refractivity (Wildman–Crippen MR) is 157 cm³/mol. The summed E-state index contributed by atoms with van der Waals surface area (Å²) in [5.74, 6) is 3.17. The van der Waals surface area contributed by atoms with E-state index in [9.17, 15) is 15.0 Å². The topological polar surface area (TPSA) is 102 Å². The standard InChI is InChI=1S/C35H33NO5/c36-29-14-13-26(16-30(29)37)41-32-8-4-2-6-28(32)35-19-22-15-23(20-35)18-34(17-22,21-35)27-5-1-3-7-31(27)40-25-11-9-24(10-12-25)33(38)39/h1-14,16,22-23,37H,15,17-21,36H2,(H,38,39). The molecule has 0 aliphatic heterocycles. The van der Waals surface area contributed by atoms with E-state index in [0.717, 1.165) is 43.6 Å². The molecule has 4 aromatic carbocycles. The number of carboxylic acids is 1. The lowest BCUT2D eigenvalue weighted by atomic mass is 9.41. The van der Waals surface area contributed by atoms with Crippen molar-refractivity contribution in [3.63, 3.8) is 0 Å². The Morgan fingerprint density at radius 1 is 0.732 bits per heavy atom. The van der Waals surface area contributed by atoms with Crippen molar-refractivity contribution in [3.8, 4) is 28.7 Å². The molecule has 0 aromatic heterocycles. The van der Waals surface area contributed by atoms with Gasteiger partial charge in [-0.3, -0.25) is 0 Å². The summed E-state index contributed by atoms with van der Waals surface area (Å²) in [5.41, 5.74) is 8.82. The van der Waals surface area contributed by atoms with Crippen LogP contribution in [0.2, 0.25) is 0 Å². The molecule has 0 amide bonds. The highest BCUT2D eigenvalue weighted by Gasteiger charge is 2.59. The Balaban J connectivity index is 1.25. The molecular formula is C35H33NO5. The third kappa shape index (κ3) is 4.48. The van der Waals surface area contributed by atoms with Crippen LogP contribution < -0.4 is 15.2 Å². The third-order valence-electron chi connectivity index (χ3n) is 9.54. The van der Waals surface area contributed by atoms with Crippen molar-refractivity contribution in [2.45, 2.75) is 49.4 Å². The monoisotopic (exact) mass is 547 g/mol. The smallest absolute Gasteiger partial charge is 0.335 e. The Bertz CT molecular complexity index is 1610. The minimum atomic E-state index is -0.951. The van der Waals surface area contributed by atoms with Gasteiger partial charge in [0.15, 0.2) is 0 Å². The average molecular weight is 548 g/mol. The molecule has 2 atom stereocenters. The molecule has 0 radical (unpaired) electrons. The average Bonchev–Trinajstić information content (AvgIpc) is 2.95. The second kappa shape index (κ2) is 9.58. The van der Waals surface area contributed by atoms with Crippen molar-refractivity contribution in [1.82, 2.24) is 0 Å². The molecular weight excluding hydrogens is 514 g/mol. The lowest BCUT2D eigenvalue weighted by Crippen LogP contribution is -2.56. The highest BCUT2D eigenvalue weighted by atomic mass is 16.5. The maximum atomic E-state index is 11.3. The third-order valence-corrected chi connectivity index (χ3v) is 9.54. The molecule has 8 rings (SSSR count). The van der Waals surface area contributed by atoms with Crippen molar-refractivity contribution >= 4 is 11.7 Å². The van der Waals surface area contributed by atoms with Crippen molar-refractivity contribution < 1.29 is 24.5 Å². The van der Waals surface area contributed by atoms with Crippen LogP contribution in [-0.4, -0.2) is 16.2 Å². The number of anilines is 1. The number of carbonyl (C=O) groups is 1. The number of aromatic carboxylic acids is 1. The molecule has 4 saturated carbocycles. The van der Waals surface area contributed by atoms with E-state index < -0.39 is 5.97 Å². The van der Waals surface area contributed by atoms with Crippen LogP contribution in [0.4, 0.5) is 5.69 Å². The van der Waals surface area contributed by atoms with Crippen LogP contribution in [0.15, 0.2) is 91.0 Å². The molecule has 6 heteroatoms. The minimum Gasteiger partial charge on any atom is -0.506 e. The molecule has 6 nitrogen and oxygen atoms in total. The number of phenols is 1. The fourth-order valence-electron chi connectivity index (χ4n) is 8.39. The molecule has 4 bridgehead atoms. The van der Waals surface area contributed by atoms with Gasteiger partial charge in [0.2, 0.25) is 0 Å². The molecule has 2 unspecified atom stereocenters. The summed E-state index contributed by atoms with van der Waals surface area (Å²) in [6, 6.07) is 28.4. The van der Waals surface area contributed by atoms with Crippen LogP contribution in [-0.2, 0) is 10.8 Å². The summed E-state index contributed by atoms with van der Waals surface area (Å²) in [6.07, 6.45) is 6.82. The molecule has 0 saturated heterocycles. The Labute approximate surface area is 239 Å². The maximum Gasteiger partial charge on any atom is 0.335 e. The summed E-state index contributed by atoms with van der Waals surface area (Å²) >= 11 is 0. The lowest BCUT2D eigenvalue weighted by molar-refractivity contribution is -0.0294. The van der Waals surface area contributed by atoms with E-state index in [-0.39, 0.29) is 22.1 Å². The maximum absolute atomic E-state index is 11.3. The van der Waals surface area contributed by atoms with Crippen LogP contribution in [0.25, 0.3) is 0 Å². The van der Waals surface area contributed by atoms with Gasteiger partial charge in [-0.05, 0) is 98.9 Å². The zero-order valence-electron chi connectivity index (χ0n) is 22.8. The number of hydrogen-bond donors (Lipinski definition) is 3. The fraction of sp³-hybridized carbons (Fsp3) is 0.286. The Hall–Kier alpha value is -4.45. The van der Waals surface area contributed by atoms with Crippen molar-refractivity contribution in [1.29, 1.82) is 0 Å². The quantitative estimate of drug-likeness (QED) is 0.160. The zero-order chi connectivity index (χ0) is 28.2. The highest BCUT2D eigenvalue weighted by molar-refractivity contribution is 5.87. The van der Waals surface area contributed by atoms with Gasteiger partial charge in [-0.2, -0.15) is 0 Å². The number of phenolic OH excluding ortho intramolecular Hbond substituents is 1. The van der Waals surface area contributed by atoms with E-state index in [0.29, 0.717) is 29.0 Å². The number of para-hydroxylation sites is 2. The molecule has 0 heterocycles. The number of nitrogens with two attached hydrogens (primary N) is 1. The first-order valence-corrected chi connectivity index (χ1v) is 14.3. The molecule has 4 fully saturated rings. The van der Waals surface area contributed by atoms with Crippen LogP contribution in [0.5, 0.6) is 28.7 Å². The normalized spacial score (nSPS) is 26.0. The van der Waals surface area contributed by atoms with Gasteiger partial charge in [-0.25, -0.2) is 4.79 Å². The van der Waals surface area contributed by atoms with Crippen molar-refractivity contribution in [2.24, 2.45) is 11.8 Å². The van der Waals surface area contributed by atoms with Crippen LogP contribution in [0, 0.1) is 11.8 Å². The van der Waals surface area contributed by atoms with Gasteiger partial charge < -0.3 is 25.4 Å². The van der Waals surface area contributed by atoms with Gasteiger partial charge in [-0.15, -0.1) is 0 Å². The fourth-order valence-corrected chi connectivity index (χ4v) is 8.39. The van der Waals surface area contributed by atoms with E-state index in [2.05, 4.69) is 24.3 Å². The molecule has 4 aromatic rings. The Morgan fingerprint density at radius 2 is 1.24 bits per heavy atom. The van der Waals surface area contributed by atoms with Crippen molar-refractivity contribution in [3.05, 3.63) is 108 Å². The molecule has 208 valence electrons. The second-order valence-electron chi connectivity index (χ2n) is 12.3. The van der Waals surface area contributed by atoms with Gasteiger partial charge in [0, 0.05) is 28.0 Å². The van der Waals surface area contributed by atoms with Crippen LogP contribution in [0.3, 0.4) is 0 Å². The number of aromatic hydroxyl groups is 1. The van der Waals surface area contributed by atoms with E-state index in [1.165, 1.54) is 17.5 Å². The summed E-state index contributed by atoms with van der Waals surface area (Å²) in [7, 11) is 0. The van der Waals surface area contributed by atoms with E-state index in [1.807, 2.05) is 24.3 Å². The summed E-state index contributed by atoms with van der Waals surface area (Å²) < 4.78 is 12.9. The summed E-state index contributed by atoms with van der Waals surface area (Å²) in [5, 5.41) is 19.4. The highest BCUT2D eigenvalue weighted by Crippen LogP contribution is 2.68.